The zero-order valence-corrected chi connectivity index (χ0v) is 15.6. The van der Waals surface area contributed by atoms with Crippen molar-refractivity contribution in [1.82, 2.24) is 9.78 Å². The number of aromatic hydroxyl groups is 1. The molecule has 1 heterocycles. The molecule has 0 aliphatic heterocycles. The predicted octanol–water partition coefficient (Wildman–Crippen LogP) is 4.08. The number of nitrogens with two attached hydrogens (primary N) is 2. The first-order chi connectivity index (χ1) is 12.5. The number of benzene rings is 1. The van der Waals surface area contributed by atoms with Crippen LogP contribution in [0.2, 0.25) is 0 Å². The number of nitrogens with zero attached hydrogens (tertiary/aromatic N) is 2. The molecule has 0 bridgehead atoms. The molecule has 2 aromatic rings. The van der Waals surface area contributed by atoms with Crippen molar-refractivity contribution in [1.29, 1.82) is 0 Å². The van der Waals surface area contributed by atoms with Crippen LogP contribution in [0.15, 0.2) is 24.3 Å². The van der Waals surface area contributed by atoms with Gasteiger partial charge in [0.25, 0.3) is 5.91 Å². The van der Waals surface area contributed by atoms with Crippen molar-refractivity contribution in [2.24, 2.45) is 5.73 Å². The zero-order chi connectivity index (χ0) is 18.9. The van der Waals surface area contributed by atoms with Crippen LogP contribution in [-0.2, 0) is 6.54 Å². The van der Waals surface area contributed by atoms with Crippen molar-refractivity contribution in [3.63, 3.8) is 0 Å². The third kappa shape index (κ3) is 5.25. The fraction of sp³-hybridized carbons (Fsp3) is 0.500. The van der Waals surface area contributed by atoms with Gasteiger partial charge in [0.05, 0.1) is 5.69 Å². The van der Waals surface area contributed by atoms with Gasteiger partial charge in [-0.3, -0.25) is 9.48 Å². The minimum atomic E-state index is -0.608. The molecule has 0 atom stereocenters. The van der Waals surface area contributed by atoms with Crippen molar-refractivity contribution < 1.29 is 9.90 Å². The van der Waals surface area contributed by atoms with Crippen molar-refractivity contribution >= 4 is 11.7 Å². The van der Waals surface area contributed by atoms with Crippen LogP contribution >= 0.6 is 0 Å². The van der Waals surface area contributed by atoms with Crippen LogP contribution in [0, 0.1) is 0 Å². The third-order valence-corrected chi connectivity index (χ3v) is 4.57. The number of unbranched alkanes of at least 4 members (excludes halogenated alkanes) is 7. The monoisotopic (exact) mass is 358 g/mol. The lowest BCUT2D eigenvalue weighted by Gasteiger charge is -2.09. The van der Waals surface area contributed by atoms with E-state index < -0.39 is 5.91 Å². The maximum atomic E-state index is 11.8. The highest BCUT2D eigenvalue weighted by Crippen LogP contribution is 2.30. The Bertz CT molecular complexity index is 725. The Morgan fingerprint density at radius 3 is 2.38 bits per heavy atom. The van der Waals surface area contributed by atoms with Gasteiger partial charge in [-0.05, 0) is 18.6 Å². The Morgan fingerprint density at radius 1 is 1.12 bits per heavy atom. The van der Waals surface area contributed by atoms with Gasteiger partial charge in [0.2, 0.25) is 0 Å². The van der Waals surface area contributed by atoms with Crippen LogP contribution in [0.25, 0.3) is 11.3 Å². The van der Waals surface area contributed by atoms with E-state index in [1.54, 1.807) is 22.9 Å². The highest BCUT2D eigenvalue weighted by molar-refractivity contribution is 6.03. The summed E-state index contributed by atoms with van der Waals surface area (Å²) in [6.45, 7) is 2.89. The number of rotatable bonds is 11. The summed E-state index contributed by atoms with van der Waals surface area (Å²) in [4.78, 5) is 11.8. The molecule has 1 aromatic carbocycles. The fourth-order valence-electron chi connectivity index (χ4n) is 3.23. The van der Waals surface area contributed by atoms with Gasteiger partial charge in [0.1, 0.15) is 11.3 Å². The number of aryl methyl sites for hydroxylation is 1. The third-order valence-electron chi connectivity index (χ3n) is 4.57. The SMILES string of the molecule is CCCCCCCCCCn1nc(N)c(C(N)=O)c1-c1cccc(O)c1. The number of hydrogen-bond acceptors (Lipinski definition) is 4. The number of carbonyl (C=O) groups excluding carboxylic acids is 1. The second kappa shape index (κ2) is 9.85. The number of amides is 1. The first-order valence-electron chi connectivity index (χ1n) is 9.50. The maximum absolute atomic E-state index is 11.8. The number of hydrogen-bond donors (Lipinski definition) is 3. The van der Waals surface area contributed by atoms with E-state index in [9.17, 15) is 9.90 Å². The van der Waals surface area contributed by atoms with Gasteiger partial charge < -0.3 is 16.6 Å². The lowest BCUT2D eigenvalue weighted by Crippen LogP contribution is -2.14. The summed E-state index contributed by atoms with van der Waals surface area (Å²) >= 11 is 0. The van der Waals surface area contributed by atoms with Gasteiger partial charge in [-0.25, -0.2) is 0 Å². The van der Waals surface area contributed by atoms with Gasteiger partial charge >= 0.3 is 0 Å². The van der Waals surface area contributed by atoms with Crippen molar-refractivity contribution in [3.05, 3.63) is 29.8 Å². The van der Waals surface area contributed by atoms with E-state index in [0.29, 0.717) is 17.8 Å². The summed E-state index contributed by atoms with van der Waals surface area (Å²) in [6.07, 6.45) is 9.71. The largest absolute Gasteiger partial charge is 0.508 e. The molecule has 0 saturated carbocycles. The Labute approximate surface area is 155 Å². The number of anilines is 1. The molecule has 26 heavy (non-hydrogen) atoms. The molecule has 5 N–H and O–H groups in total. The molecule has 0 aliphatic rings. The average molecular weight is 358 g/mol. The van der Waals surface area contributed by atoms with E-state index in [4.69, 9.17) is 11.5 Å². The second-order valence-corrected chi connectivity index (χ2v) is 6.72. The average Bonchev–Trinajstić information content (AvgIpc) is 2.93. The van der Waals surface area contributed by atoms with Gasteiger partial charge in [0, 0.05) is 12.1 Å². The minimum absolute atomic E-state index is 0.122. The number of aromatic nitrogens is 2. The molecule has 6 heteroatoms. The molecule has 0 aliphatic carbocycles. The molecule has 142 valence electrons. The van der Waals surface area contributed by atoms with E-state index in [1.165, 1.54) is 38.5 Å². The molecule has 6 nitrogen and oxygen atoms in total. The zero-order valence-electron chi connectivity index (χ0n) is 15.6. The molecular formula is C20H30N4O2. The lowest BCUT2D eigenvalue weighted by atomic mass is 10.1. The van der Waals surface area contributed by atoms with Gasteiger partial charge in [0.15, 0.2) is 5.82 Å². The van der Waals surface area contributed by atoms with Crippen molar-refractivity contribution in [2.45, 2.75) is 64.8 Å². The number of phenolic OH excluding ortho intramolecular Hbond substituents is 1. The summed E-state index contributed by atoms with van der Waals surface area (Å²) in [7, 11) is 0. The minimum Gasteiger partial charge on any atom is -0.508 e. The number of carbonyl (C=O) groups is 1. The summed E-state index contributed by atoms with van der Waals surface area (Å²) < 4.78 is 1.74. The molecule has 0 fully saturated rings. The van der Waals surface area contributed by atoms with Crippen molar-refractivity contribution in [3.8, 4) is 17.0 Å². The number of nitrogen functional groups attached to an aromatic ring is 1. The molecule has 1 amide bonds. The van der Waals surface area contributed by atoms with Gasteiger partial charge in [-0.15, -0.1) is 0 Å². The van der Waals surface area contributed by atoms with Crippen LogP contribution in [0.1, 0.15) is 68.6 Å². The summed E-state index contributed by atoms with van der Waals surface area (Å²) in [5.41, 5.74) is 12.9. The Balaban J connectivity index is 2.04. The predicted molar refractivity (Wildman–Crippen MR) is 105 cm³/mol. The Morgan fingerprint density at radius 2 is 1.77 bits per heavy atom. The smallest absolute Gasteiger partial charge is 0.254 e. The van der Waals surface area contributed by atoms with E-state index in [2.05, 4.69) is 12.0 Å². The molecule has 0 unspecified atom stereocenters. The van der Waals surface area contributed by atoms with Crippen LogP contribution in [0.3, 0.4) is 0 Å². The molecule has 0 spiro atoms. The maximum Gasteiger partial charge on any atom is 0.254 e. The van der Waals surface area contributed by atoms with E-state index >= 15 is 0 Å². The fourth-order valence-corrected chi connectivity index (χ4v) is 3.23. The number of phenols is 1. The van der Waals surface area contributed by atoms with E-state index in [0.717, 1.165) is 12.8 Å². The topological polar surface area (TPSA) is 107 Å². The second-order valence-electron chi connectivity index (χ2n) is 6.72. The van der Waals surface area contributed by atoms with Crippen LogP contribution < -0.4 is 11.5 Å². The Kier molecular flexibility index (Phi) is 7.51. The summed E-state index contributed by atoms with van der Waals surface area (Å²) in [5, 5.41) is 14.1. The van der Waals surface area contributed by atoms with Crippen LogP contribution in [0.4, 0.5) is 5.82 Å². The lowest BCUT2D eigenvalue weighted by molar-refractivity contribution is 0.100. The molecule has 2 rings (SSSR count). The first kappa shape index (κ1) is 19.8. The van der Waals surface area contributed by atoms with Crippen LogP contribution in [0.5, 0.6) is 5.75 Å². The van der Waals surface area contributed by atoms with E-state index in [-0.39, 0.29) is 17.1 Å². The van der Waals surface area contributed by atoms with Crippen molar-refractivity contribution in [2.75, 3.05) is 5.73 Å². The molecule has 0 saturated heterocycles. The van der Waals surface area contributed by atoms with Gasteiger partial charge in [-0.1, -0.05) is 64.0 Å². The summed E-state index contributed by atoms with van der Waals surface area (Å²) in [6, 6.07) is 6.70. The summed E-state index contributed by atoms with van der Waals surface area (Å²) in [5.74, 6) is -0.352. The quantitative estimate of drug-likeness (QED) is 0.526. The Hall–Kier alpha value is -2.50. The standard InChI is InChI=1S/C20H30N4O2/c1-2-3-4-5-6-7-8-9-13-24-18(15-11-10-12-16(25)14-15)17(20(22)26)19(21)23-24/h10-12,14,25H,2-9,13H2,1H3,(H2,21,23)(H2,22,26). The first-order valence-corrected chi connectivity index (χ1v) is 9.50. The molecule has 1 aromatic heterocycles. The normalized spacial score (nSPS) is 11.0. The highest BCUT2D eigenvalue weighted by atomic mass is 16.3. The number of primary amides is 1. The molecular weight excluding hydrogens is 328 g/mol. The van der Waals surface area contributed by atoms with E-state index in [1.807, 2.05) is 6.07 Å². The van der Waals surface area contributed by atoms with Gasteiger partial charge in [-0.2, -0.15) is 5.10 Å². The molecule has 0 radical (unpaired) electrons. The highest BCUT2D eigenvalue weighted by Gasteiger charge is 2.21. The van der Waals surface area contributed by atoms with Crippen LogP contribution in [-0.4, -0.2) is 20.8 Å².